The number of carbonyl (C=O) groups is 1. The van der Waals surface area contributed by atoms with E-state index in [1.807, 2.05) is 29.2 Å². The largest absolute Gasteiger partial charge is 0.492 e. The van der Waals surface area contributed by atoms with Gasteiger partial charge in [-0.25, -0.2) is 0 Å². The van der Waals surface area contributed by atoms with Crippen molar-refractivity contribution in [1.29, 1.82) is 0 Å². The Labute approximate surface area is 125 Å². The van der Waals surface area contributed by atoms with Crippen LogP contribution in [-0.2, 0) is 4.74 Å². The molecule has 1 amide bonds. The Morgan fingerprint density at radius 2 is 2.05 bits per heavy atom. The second-order valence-corrected chi connectivity index (χ2v) is 5.53. The molecule has 0 unspecified atom stereocenters. The van der Waals surface area contributed by atoms with E-state index in [1.165, 1.54) is 12.8 Å². The Kier molecular flexibility index (Phi) is 4.72. The molecule has 0 spiro atoms. The normalized spacial score (nSPS) is 22.3. The highest BCUT2D eigenvalue weighted by molar-refractivity contribution is 5.94. The molecule has 2 saturated heterocycles. The lowest BCUT2D eigenvalue weighted by molar-refractivity contribution is 0.0303. The third kappa shape index (κ3) is 3.74. The van der Waals surface area contributed by atoms with E-state index in [0.717, 1.165) is 12.3 Å². The quantitative estimate of drug-likeness (QED) is 0.908. The van der Waals surface area contributed by atoms with Crippen LogP contribution < -0.4 is 10.1 Å². The van der Waals surface area contributed by atoms with Crippen LogP contribution >= 0.6 is 0 Å². The molecule has 1 aromatic carbocycles. The minimum absolute atomic E-state index is 0.0716. The van der Waals surface area contributed by atoms with Gasteiger partial charge in [-0.15, -0.1) is 0 Å². The van der Waals surface area contributed by atoms with Gasteiger partial charge < -0.3 is 19.7 Å². The van der Waals surface area contributed by atoms with Gasteiger partial charge in [0.15, 0.2) is 0 Å². The Morgan fingerprint density at radius 3 is 2.71 bits per heavy atom. The first-order valence-corrected chi connectivity index (χ1v) is 7.66. The van der Waals surface area contributed by atoms with Crippen molar-refractivity contribution in [2.24, 2.45) is 0 Å². The highest BCUT2D eigenvalue weighted by atomic mass is 16.5. The monoisotopic (exact) mass is 290 g/mol. The molecule has 114 valence electrons. The summed E-state index contributed by atoms with van der Waals surface area (Å²) in [7, 11) is 0. The molecule has 1 aromatic rings. The summed E-state index contributed by atoms with van der Waals surface area (Å²) in [6, 6.07) is 7.90. The fraction of sp³-hybridized carbons (Fsp3) is 0.562. The van der Waals surface area contributed by atoms with Gasteiger partial charge in [-0.05, 0) is 43.7 Å². The number of rotatable bonds is 4. The second-order valence-electron chi connectivity index (χ2n) is 5.53. The number of carbonyl (C=O) groups excluding carboxylic acids is 1. The van der Waals surface area contributed by atoms with Crippen molar-refractivity contribution in [3.63, 3.8) is 0 Å². The minimum atomic E-state index is 0.0716. The standard InChI is InChI=1S/C16H22N2O3/c19-16(18-8-10-20-11-9-18)13-3-5-15(6-4-13)21-12-14-2-1-7-17-14/h3-6,14,17H,1-2,7-12H2/t14-/m0/s1. The van der Waals surface area contributed by atoms with Crippen LogP contribution in [0.2, 0.25) is 0 Å². The van der Waals surface area contributed by atoms with E-state index in [9.17, 15) is 4.79 Å². The number of hydrogen-bond acceptors (Lipinski definition) is 4. The number of amides is 1. The summed E-state index contributed by atoms with van der Waals surface area (Å²) in [5.41, 5.74) is 0.711. The first-order valence-electron chi connectivity index (χ1n) is 7.66. The number of nitrogens with one attached hydrogen (secondary N) is 1. The molecule has 3 rings (SSSR count). The van der Waals surface area contributed by atoms with Gasteiger partial charge in [-0.3, -0.25) is 4.79 Å². The van der Waals surface area contributed by atoms with Crippen molar-refractivity contribution in [2.45, 2.75) is 18.9 Å². The van der Waals surface area contributed by atoms with Crippen molar-refractivity contribution in [2.75, 3.05) is 39.5 Å². The van der Waals surface area contributed by atoms with Crippen molar-refractivity contribution >= 4 is 5.91 Å². The maximum absolute atomic E-state index is 12.3. The van der Waals surface area contributed by atoms with Gasteiger partial charge in [-0.1, -0.05) is 0 Å². The maximum atomic E-state index is 12.3. The Bertz CT molecular complexity index is 463. The summed E-state index contributed by atoms with van der Waals surface area (Å²) < 4.78 is 11.0. The summed E-state index contributed by atoms with van der Waals surface area (Å²) in [4.78, 5) is 14.1. The van der Waals surface area contributed by atoms with Crippen LogP contribution in [0.5, 0.6) is 5.75 Å². The number of ether oxygens (including phenoxy) is 2. The van der Waals surface area contributed by atoms with Crippen LogP contribution in [0.3, 0.4) is 0 Å². The number of hydrogen-bond donors (Lipinski definition) is 1. The van der Waals surface area contributed by atoms with Crippen molar-refractivity contribution in [3.05, 3.63) is 29.8 Å². The second kappa shape index (κ2) is 6.91. The van der Waals surface area contributed by atoms with E-state index in [0.29, 0.717) is 44.5 Å². The first kappa shape index (κ1) is 14.4. The Morgan fingerprint density at radius 1 is 1.29 bits per heavy atom. The van der Waals surface area contributed by atoms with Gasteiger partial charge in [-0.2, -0.15) is 0 Å². The lowest BCUT2D eigenvalue weighted by Crippen LogP contribution is -2.40. The predicted molar refractivity (Wildman–Crippen MR) is 79.7 cm³/mol. The SMILES string of the molecule is O=C(c1ccc(OC[C@@H]2CCCN2)cc1)N1CCOCC1. The van der Waals surface area contributed by atoms with Crippen LogP contribution in [-0.4, -0.2) is 56.3 Å². The molecule has 1 N–H and O–H groups in total. The van der Waals surface area contributed by atoms with Gasteiger partial charge in [0.05, 0.1) is 13.2 Å². The van der Waals surface area contributed by atoms with Gasteiger partial charge in [0.25, 0.3) is 5.91 Å². The molecule has 0 aliphatic carbocycles. The highest BCUT2D eigenvalue weighted by Gasteiger charge is 2.18. The molecular weight excluding hydrogens is 268 g/mol. The molecule has 0 saturated carbocycles. The van der Waals surface area contributed by atoms with Crippen LogP contribution in [0.25, 0.3) is 0 Å². The molecule has 2 fully saturated rings. The molecule has 2 aliphatic rings. The molecule has 5 heteroatoms. The predicted octanol–water partition coefficient (Wildman–Crippen LogP) is 1.29. The maximum Gasteiger partial charge on any atom is 0.254 e. The van der Waals surface area contributed by atoms with E-state index in [-0.39, 0.29) is 5.91 Å². The lowest BCUT2D eigenvalue weighted by atomic mass is 10.2. The average Bonchev–Trinajstić information content (AvgIpc) is 3.07. The smallest absolute Gasteiger partial charge is 0.254 e. The summed E-state index contributed by atoms with van der Waals surface area (Å²) in [5.74, 6) is 0.893. The van der Waals surface area contributed by atoms with Gasteiger partial charge in [0, 0.05) is 24.7 Å². The van der Waals surface area contributed by atoms with E-state index in [1.54, 1.807) is 0 Å². The third-order valence-corrected chi connectivity index (χ3v) is 4.01. The summed E-state index contributed by atoms with van der Waals surface area (Å²) in [5, 5.41) is 3.40. The zero-order chi connectivity index (χ0) is 14.5. The highest BCUT2D eigenvalue weighted by Crippen LogP contribution is 2.16. The van der Waals surface area contributed by atoms with Crippen LogP contribution in [0.4, 0.5) is 0 Å². The van der Waals surface area contributed by atoms with Crippen LogP contribution in [0.1, 0.15) is 23.2 Å². The fourth-order valence-electron chi connectivity index (χ4n) is 2.74. The van der Waals surface area contributed by atoms with Crippen LogP contribution in [0.15, 0.2) is 24.3 Å². The van der Waals surface area contributed by atoms with E-state index in [4.69, 9.17) is 9.47 Å². The van der Waals surface area contributed by atoms with Crippen molar-refractivity contribution in [3.8, 4) is 5.75 Å². The van der Waals surface area contributed by atoms with Gasteiger partial charge in [0.1, 0.15) is 12.4 Å². The summed E-state index contributed by atoms with van der Waals surface area (Å²) >= 11 is 0. The van der Waals surface area contributed by atoms with Gasteiger partial charge in [0.2, 0.25) is 0 Å². The zero-order valence-electron chi connectivity index (χ0n) is 12.2. The Hall–Kier alpha value is -1.59. The fourth-order valence-corrected chi connectivity index (χ4v) is 2.74. The van der Waals surface area contributed by atoms with E-state index < -0.39 is 0 Å². The molecule has 0 bridgehead atoms. The van der Waals surface area contributed by atoms with Crippen molar-refractivity contribution in [1.82, 2.24) is 10.2 Å². The average molecular weight is 290 g/mol. The lowest BCUT2D eigenvalue weighted by Gasteiger charge is -2.26. The van der Waals surface area contributed by atoms with Crippen LogP contribution in [0, 0.1) is 0 Å². The summed E-state index contributed by atoms with van der Waals surface area (Å²) in [6.45, 7) is 4.37. The molecule has 0 aromatic heterocycles. The molecule has 0 radical (unpaired) electrons. The number of morpholine rings is 1. The molecule has 5 nitrogen and oxygen atoms in total. The van der Waals surface area contributed by atoms with E-state index in [2.05, 4.69) is 5.32 Å². The number of nitrogens with zero attached hydrogens (tertiary/aromatic N) is 1. The number of benzene rings is 1. The minimum Gasteiger partial charge on any atom is -0.492 e. The molecule has 1 atom stereocenters. The Balaban J connectivity index is 1.54. The first-order chi connectivity index (χ1) is 10.3. The molecular formula is C16H22N2O3. The third-order valence-electron chi connectivity index (χ3n) is 4.01. The summed E-state index contributed by atoms with van der Waals surface area (Å²) in [6.07, 6.45) is 2.40. The molecule has 21 heavy (non-hydrogen) atoms. The van der Waals surface area contributed by atoms with E-state index >= 15 is 0 Å². The molecule has 2 aliphatic heterocycles. The van der Waals surface area contributed by atoms with Gasteiger partial charge >= 0.3 is 0 Å². The topological polar surface area (TPSA) is 50.8 Å². The van der Waals surface area contributed by atoms with Crippen molar-refractivity contribution < 1.29 is 14.3 Å². The zero-order valence-corrected chi connectivity index (χ0v) is 12.2. The molecule has 2 heterocycles.